The second-order valence-corrected chi connectivity index (χ2v) is 6.70. The summed E-state index contributed by atoms with van der Waals surface area (Å²) >= 11 is 0. The maximum atomic E-state index is 12.8. The minimum Gasteiger partial charge on any atom is -0.494 e. The Morgan fingerprint density at radius 1 is 1.30 bits per heavy atom. The van der Waals surface area contributed by atoms with E-state index < -0.39 is 0 Å². The Hall–Kier alpha value is -3.08. The van der Waals surface area contributed by atoms with Crippen molar-refractivity contribution < 1.29 is 14.3 Å². The lowest BCUT2D eigenvalue weighted by Gasteiger charge is -2.14. The molecule has 0 saturated heterocycles. The Morgan fingerprint density at radius 3 is 3.00 bits per heavy atom. The fourth-order valence-corrected chi connectivity index (χ4v) is 3.47. The third-order valence-corrected chi connectivity index (χ3v) is 4.70. The summed E-state index contributed by atoms with van der Waals surface area (Å²) in [5, 5.41) is 3.94. The first kappa shape index (κ1) is 17.3. The lowest BCUT2D eigenvalue weighted by Crippen LogP contribution is -2.23. The largest absolute Gasteiger partial charge is 0.494 e. The standard InChI is InChI=1S/C22H22N2O3/c1-3-26-19-11-16-10-14(2)27-20(16)12-17(19)13-24-22(25)18-8-4-6-15-7-5-9-23-21(15)18/h4-9,11-12,14H,3,10,13H2,1-2H3,(H,24,25)/t14-/m1/s1. The number of fused-ring (bicyclic) bond motifs is 2. The molecule has 5 heteroatoms. The van der Waals surface area contributed by atoms with Gasteiger partial charge < -0.3 is 14.8 Å². The molecule has 4 rings (SSSR count). The number of rotatable bonds is 5. The van der Waals surface area contributed by atoms with Crippen LogP contribution in [0.25, 0.3) is 10.9 Å². The van der Waals surface area contributed by atoms with Crippen LogP contribution < -0.4 is 14.8 Å². The van der Waals surface area contributed by atoms with Gasteiger partial charge in [0.05, 0.1) is 17.7 Å². The molecule has 0 saturated carbocycles. The van der Waals surface area contributed by atoms with E-state index in [9.17, 15) is 4.79 Å². The Morgan fingerprint density at radius 2 is 2.15 bits per heavy atom. The normalized spacial score (nSPS) is 15.3. The summed E-state index contributed by atoms with van der Waals surface area (Å²) in [7, 11) is 0. The highest BCUT2D eigenvalue weighted by molar-refractivity contribution is 6.05. The second-order valence-electron chi connectivity index (χ2n) is 6.70. The molecule has 1 amide bonds. The third-order valence-electron chi connectivity index (χ3n) is 4.70. The molecule has 1 aromatic heterocycles. The summed E-state index contributed by atoms with van der Waals surface area (Å²) < 4.78 is 11.6. The quantitative estimate of drug-likeness (QED) is 0.748. The molecule has 0 unspecified atom stereocenters. The Bertz CT molecular complexity index is 995. The van der Waals surface area contributed by atoms with Crippen LogP contribution in [0.15, 0.2) is 48.7 Å². The average molecular weight is 362 g/mol. The van der Waals surface area contributed by atoms with Gasteiger partial charge in [-0.25, -0.2) is 0 Å². The first-order chi connectivity index (χ1) is 13.2. The van der Waals surface area contributed by atoms with Gasteiger partial charge in [-0.15, -0.1) is 0 Å². The van der Waals surface area contributed by atoms with Crippen molar-refractivity contribution in [3.63, 3.8) is 0 Å². The summed E-state index contributed by atoms with van der Waals surface area (Å²) in [6, 6.07) is 13.4. The van der Waals surface area contributed by atoms with E-state index >= 15 is 0 Å². The summed E-state index contributed by atoms with van der Waals surface area (Å²) in [5.74, 6) is 1.52. The molecule has 138 valence electrons. The van der Waals surface area contributed by atoms with Crippen LogP contribution in [0.4, 0.5) is 0 Å². The number of amides is 1. The van der Waals surface area contributed by atoms with Gasteiger partial charge in [0.25, 0.3) is 5.91 Å². The highest BCUT2D eigenvalue weighted by atomic mass is 16.5. The molecule has 0 fully saturated rings. The van der Waals surface area contributed by atoms with Crippen molar-refractivity contribution in [2.24, 2.45) is 0 Å². The van der Waals surface area contributed by atoms with Crippen LogP contribution in [0.3, 0.4) is 0 Å². The SMILES string of the molecule is CCOc1cc2c(cc1CNC(=O)c1cccc3cccnc13)O[C@H](C)C2. The van der Waals surface area contributed by atoms with E-state index in [0.717, 1.165) is 34.4 Å². The number of hydrogen-bond donors (Lipinski definition) is 1. The number of ether oxygens (including phenoxy) is 2. The van der Waals surface area contributed by atoms with Crippen molar-refractivity contribution in [1.82, 2.24) is 10.3 Å². The lowest BCUT2D eigenvalue weighted by atomic mass is 10.1. The van der Waals surface area contributed by atoms with Crippen molar-refractivity contribution in [3.8, 4) is 11.5 Å². The number of nitrogens with one attached hydrogen (secondary N) is 1. The minimum absolute atomic E-state index is 0.156. The molecular weight excluding hydrogens is 340 g/mol. The molecule has 27 heavy (non-hydrogen) atoms. The minimum atomic E-state index is -0.156. The summed E-state index contributed by atoms with van der Waals surface area (Å²) in [4.78, 5) is 17.1. The van der Waals surface area contributed by atoms with Gasteiger partial charge >= 0.3 is 0 Å². The molecule has 1 N–H and O–H groups in total. The fraction of sp³-hybridized carbons (Fsp3) is 0.273. The molecule has 1 aliphatic heterocycles. The molecule has 0 spiro atoms. The zero-order valence-electron chi connectivity index (χ0n) is 15.5. The van der Waals surface area contributed by atoms with Crippen molar-refractivity contribution in [2.45, 2.75) is 32.9 Å². The maximum Gasteiger partial charge on any atom is 0.253 e. The van der Waals surface area contributed by atoms with Gasteiger partial charge in [-0.2, -0.15) is 0 Å². The fourth-order valence-electron chi connectivity index (χ4n) is 3.47. The van der Waals surface area contributed by atoms with E-state index in [1.165, 1.54) is 0 Å². The van der Waals surface area contributed by atoms with Crippen LogP contribution in [0.5, 0.6) is 11.5 Å². The summed E-state index contributed by atoms with van der Waals surface area (Å²) in [5.41, 5.74) is 3.33. The maximum absolute atomic E-state index is 12.8. The number of pyridine rings is 1. The lowest BCUT2D eigenvalue weighted by molar-refractivity contribution is 0.0952. The van der Waals surface area contributed by atoms with Gasteiger partial charge in [0.15, 0.2) is 0 Å². The smallest absolute Gasteiger partial charge is 0.253 e. The number of para-hydroxylation sites is 1. The van der Waals surface area contributed by atoms with Crippen LogP contribution in [-0.2, 0) is 13.0 Å². The van der Waals surface area contributed by atoms with Crippen LogP contribution >= 0.6 is 0 Å². The van der Waals surface area contributed by atoms with Crippen molar-refractivity contribution in [1.29, 1.82) is 0 Å². The van der Waals surface area contributed by atoms with E-state index in [-0.39, 0.29) is 12.0 Å². The van der Waals surface area contributed by atoms with Gasteiger partial charge in [-0.3, -0.25) is 9.78 Å². The monoisotopic (exact) mass is 362 g/mol. The number of hydrogen-bond acceptors (Lipinski definition) is 4. The average Bonchev–Trinajstić information content (AvgIpc) is 3.04. The number of carbonyl (C=O) groups is 1. The Balaban J connectivity index is 1.58. The molecule has 1 aliphatic rings. The van der Waals surface area contributed by atoms with Crippen LogP contribution in [-0.4, -0.2) is 23.6 Å². The first-order valence-electron chi connectivity index (χ1n) is 9.23. The summed E-state index contributed by atoms with van der Waals surface area (Å²) in [6.07, 6.45) is 2.75. The molecule has 1 atom stereocenters. The molecule has 2 heterocycles. The van der Waals surface area contributed by atoms with Gasteiger partial charge in [0.2, 0.25) is 0 Å². The predicted molar refractivity (Wildman–Crippen MR) is 104 cm³/mol. The number of benzene rings is 2. The highest BCUT2D eigenvalue weighted by Crippen LogP contribution is 2.35. The van der Waals surface area contributed by atoms with E-state index in [1.54, 1.807) is 12.3 Å². The van der Waals surface area contributed by atoms with Gasteiger partial charge in [-0.1, -0.05) is 18.2 Å². The molecule has 3 aromatic rings. The first-order valence-corrected chi connectivity index (χ1v) is 9.23. The van der Waals surface area contributed by atoms with E-state index in [4.69, 9.17) is 9.47 Å². The molecule has 5 nitrogen and oxygen atoms in total. The number of aromatic nitrogens is 1. The molecule has 2 aromatic carbocycles. The zero-order valence-corrected chi connectivity index (χ0v) is 15.5. The number of nitrogens with zero attached hydrogens (tertiary/aromatic N) is 1. The van der Waals surface area contributed by atoms with Crippen molar-refractivity contribution in [3.05, 3.63) is 65.4 Å². The van der Waals surface area contributed by atoms with Gasteiger partial charge in [0, 0.05) is 35.7 Å². The van der Waals surface area contributed by atoms with Crippen molar-refractivity contribution in [2.75, 3.05) is 6.61 Å². The zero-order chi connectivity index (χ0) is 18.8. The topological polar surface area (TPSA) is 60.5 Å². The van der Waals surface area contributed by atoms with Crippen LogP contribution in [0, 0.1) is 0 Å². The molecule has 0 aliphatic carbocycles. The predicted octanol–water partition coefficient (Wildman–Crippen LogP) is 3.89. The van der Waals surface area contributed by atoms with Gasteiger partial charge in [-0.05, 0) is 38.1 Å². The molecule has 0 radical (unpaired) electrons. The Kier molecular flexibility index (Phi) is 4.67. The molecular formula is C22H22N2O3. The van der Waals surface area contributed by atoms with Gasteiger partial charge in [0.1, 0.15) is 17.6 Å². The second kappa shape index (κ2) is 7.27. The van der Waals surface area contributed by atoms with E-state index in [1.807, 2.05) is 43.3 Å². The van der Waals surface area contributed by atoms with Crippen molar-refractivity contribution >= 4 is 16.8 Å². The van der Waals surface area contributed by atoms with E-state index in [0.29, 0.717) is 24.2 Å². The highest BCUT2D eigenvalue weighted by Gasteiger charge is 2.22. The summed E-state index contributed by atoms with van der Waals surface area (Å²) in [6.45, 7) is 4.94. The molecule has 0 bridgehead atoms. The van der Waals surface area contributed by atoms with Crippen LogP contribution in [0.1, 0.15) is 35.3 Å². The Labute approximate surface area is 158 Å². The van der Waals surface area contributed by atoms with E-state index in [2.05, 4.69) is 17.2 Å². The number of carbonyl (C=O) groups excluding carboxylic acids is 1. The van der Waals surface area contributed by atoms with Crippen LogP contribution in [0.2, 0.25) is 0 Å². The third kappa shape index (κ3) is 3.45.